The first kappa shape index (κ1) is 14.5. The van der Waals surface area contributed by atoms with Gasteiger partial charge in [0.05, 0.1) is 29.5 Å². The molecule has 2 aromatic rings. The molecule has 0 fully saturated rings. The first-order chi connectivity index (χ1) is 10.1. The molecule has 3 N–H and O–H groups in total. The van der Waals surface area contributed by atoms with Crippen LogP contribution in [-0.4, -0.2) is 17.0 Å². The molecule has 0 spiro atoms. The maximum atomic E-state index is 11.0. The Morgan fingerprint density at radius 1 is 1.38 bits per heavy atom. The number of hydrazine groups is 1. The zero-order chi connectivity index (χ0) is 15.2. The molecule has 0 radical (unpaired) electrons. The van der Waals surface area contributed by atoms with Crippen molar-refractivity contribution in [1.82, 2.24) is 4.98 Å². The number of nitrogens with zero attached hydrogens (tertiary/aromatic N) is 2. The minimum absolute atomic E-state index is 0.0860. The quantitative estimate of drug-likeness (QED) is 0.474. The summed E-state index contributed by atoms with van der Waals surface area (Å²) in [5, 5.41) is 11.0. The van der Waals surface area contributed by atoms with E-state index in [9.17, 15) is 10.1 Å². The first-order valence-electron chi connectivity index (χ1n) is 6.01. The van der Waals surface area contributed by atoms with Crippen molar-refractivity contribution in [3.8, 4) is 11.5 Å². The summed E-state index contributed by atoms with van der Waals surface area (Å²) in [6, 6.07) is 7.77. The van der Waals surface area contributed by atoms with Gasteiger partial charge < -0.3 is 14.9 Å². The third-order valence-electron chi connectivity index (χ3n) is 2.72. The molecule has 0 saturated heterocycles. The standard InChI is InChI=1S/C13H14N4O4/c1-20-11-2-3-13(12(7-11)17(18)19)21-8-10-6-9(16-14)4-5-15-10/h2-7H,8,14H2,1H3,(H,15,16). The van der Waals surface area contributed by atoms with Crippen LogP contribution in [0.15, 0.2) is 36.5 Å². The lowest BCUT2D eigenvalue weighted by Crippen LogP contribution is -2.08. The lowest BCUT2D eigenvalue weighted by molar-refractivity contribution is -0.386. The van der Waals surface area contributed by atoms with E-state index in [0.29, 0.717) is 17.1 Å². The number of methoxy groups -OCH3 is 1. The second kappa shape index (κ2) is 6.53. The summed E-state index contributed by atoms with van der Waals surface area (Å²) >= 11 is 0. The normalized spacial score (nSPS) is 10.0. The average molecular weight is 290 g/mol. The fourth-order valence-corrected chi connectivity index (χ4v) is 1.69. The Balaban J connectivity index is 2.17. The summed E-state index contributed by atoms with van der Waals surface area (Å²) in [6.07, 6.45) is 1.57. The van der Waals surface area contributed by atoms with Crippen LogP contribution in [-0.2, 0) is 6.61 Å². The molecule has 1 aromatic carbocycles. The second-order valence-electron chi connectivity index (χ2n) is 4.06. The highest BCUT2D eigenvalue weighted by Gasteiger charge is 2.16. The Morgan fingerprint density at radius 3 is 2.86 bits per heavy atom. The predicted molar refractivity (Wildman–Crippen MR) is 76.0 cm³/mol. The number of anilines is 1. The molecule has 0 saturated carbocycles. The smallest absolute Gasteiger partial charge is 0.314 e. The fraction of sp³-hybridized carbons (Fsp3) is 0.154. The van der Waals surface area contributed by atoms with E-state index in [1.54, 1.807) is 24.4 Å². The van der Waals surface area contributed by atoms with E-state index in [4.69, 9.17) is 15.3 Å². The number of aromatic nitrogens is 1. The molecule has 21 heavy (non-hydrogen) atoms. The molecular formula is C13H14N4O4. The molecule has 0 aliphatic heterocycles. The van der Waals surface area contributed by atoms with Gasteiger partial charge in [0.1, 0.15) is 12.4 Å². The van der Waals surface area contributed by atoms with Gasteiger partial charge in [-0.25, -0.2) is 0 Å². The maximum absolute atomic E-state index is 11.0. The van der Waals surface area contributed by atoms with E-state index in [0.717, 1.165) is 0 Å². The highest BCUT2D eigenvalue weighted by molar-refractivity contribution is 5.51. The molecule has 110 valence electrons. The molecule has 8 nitrogen and oxygen atoms in total. The molecule has 0 atom stereocenters. The van der Waals surface area contributed by atoms with Crippen molar-refractivity contribution in [2.45, 2.75) is 6.61 Å². The van der Waals surface area contributed by atoms with E-state index in [1.165, 1.54) is 19.2 Å². The Hall–Kier alpha value is -2.87. The number of nitrogens with two attached hydrogens (primary N) is 1. The van der Waals surface area contributed by atoms with Gasteiger partial charge in [-0.2, -0.15) is 0 Å². The third kappa shape index (κ3) is 3.57. The van der Waals surface area contributed by atoms with E-state index in [2.05, 4.69) is 10.4 Å². The van der Waals surface area contributed by atoms with Gasteiger partial charge in [0, 0.05) is 6.20 Å². The zero-order valence-electron chi connectivity index (χ0n) is 11.3. The highest BCUT2D eigenvalue weighted by atomic mass is 16.6. The van der Waals surface area contributed by atoms with Crippen molar-refractivity contribution in [3.05, 3.63) is 52.3 Å². The Morgan fingerprint density at radius 2 is 2.19 bits per heavy atom. The summed E-state index contributed by atoms with van der Waals surface area (Å²) in [4.78, 5) is 14.6. The van der Waals surface area contributed by atoms with Crippen LogP contribution in [0.3, 0.4) is 0 Å². The fourth-order valence-electron chi connectivity index (χ4n) is 1.69. The molecule has 0 unspecified atom stereocenters. The summed E-state index contributed by atoms with van der Waals surface area (Å²) in [5.41, 5.74) is 3.59. The molecular weight excluding hydrogens is 276 g/mol. The van der Waals surface area contributed by atoms with E-state index in [-0.39, 0.29) is 18.0 Å². The van der Waals surface area contributed by atoms with Crippen molar-refractivity contribution in [2.24, 2.45) is 5.84 Å². The first-order valence-corrected chi connectivity index (χ1v) is 6.01. The molecule has 8 heteroatoms. The van der Waals surface area contributed by atoms with Gasteiger partial charge in [-0.05, 0) is 24.3 Å². The van der Waals surface area contributed by atoms with Gasteiger partial charge in [0.2, 0.25) is 0 Å². The Labute approximate surface area is 120 Å². The third-order valence-corrected chi connectivity index (χ3v) is 2.72. The lowest BCUT2D eigenvalue weighted by atomic mass is 10.2. The lowest BCUT2D eigenvalue weighted by Gasteiger charge is -2.08. The minimum Gasteiger partial charge on any atom is -0.496 e. The zero-order valence-corrected chi connectivity index (χ0v) is 11.3. The number of pyridine rings is 1. The van der Waals surface area contributed by atoms with E-state index >= 15 is 0 Å². The monoisotopic (exact) mass is 290 g/mol. The number of nitrogen functional groups attached to an aromatic ring is 1. The van der Waals surface area contributed by atoms with Crippen LogP contribution in [0.4, 0.5) is 11.4 Å². The van der Waals surface area contributed by atoms with Crippen molar-refractivity contribution in [3.63, 3.8) is 0 Å². The number of nitro benzene ring substituents is 1. The second-order valence-corrected chi connectivity index (χ2v) is 4.06. The van der Waals surface area contributed by atoms with Gasteiger partial charge in [0.25, 0.3) is 0 Å². The number of nitrogens with one attached hydrogen (secondary N) is 1. The number of hydrogen-bond donors (Lipinski definition) is 2. The number of ether oxygens (including phenoxy) is 2. The number of nitro groups is 1. The van der Waals surface area contributed by atoms with Gasteiger partial charge in [0.15, 0.2) is 5.75 Å². The molecule has 1 heterocycles. The topological polar surface area (TPSA) is 113 Å². The van der Waals surface area contributed by atoms with Crippen LogP contribution in [0.2, 0.25) is 0 Å². The summed E-state index contributed by atoms with van der Waals surface area (Å²) in [6.45, 7) is 0.0860. The van der Waals surface area contributed by atoms with Crippen LogP contribution >= 0.6 is 0 Å². The number of rotatable bonds is 6. The Bertz CT molecular complexity index is 648. The average Bonchev–Trinajstić information content (AvgIpc) is 2.52. The molecule has 0 aliphatic carbocycles. The Kier molecular flexibility index (Phi) is 4.52. The summed E-state index contributed by atoms with van der Waals surface area (Å²) < 4.78 is 10.4. The maximum Gasteiger partial charge on any atom is 0.314 e. The minimum atomic E-state index is -0.525. The van der Waals surface area contributed by atoms with Crippen LogP contribution in [0, 0.1) is 10.1 Å². The van der Waals surface area contributed by atoms with Crippen LogP contribution in [0.5, 0.6) is 11.5 Å². The van der Waals surface area contributed by atoms with Gasteiger partial charge >= 0.3 is 5.69 Å². The van der Waals surface area contributed by atoms with Gasteiger partial charge in [-0.3, -0.25) is 20.9 Å². The molecule has 2 rings (SSSR count). The number of benzene rings is 1. The van der Waals surface area contributed by atoms with Crippen LogP contribution in [0.1, 0.15) is 5.69 Å². The highest BCUT2D eigenvalue weighted by Crippen LogP contribution is 2.31. The molecule has 1 aromatic heterocycles. The molecule has 0 aliphatic rings. The van der Waals surface area contributed by atoms with Gasteiger partial charge in [-0.15, -0.1) is 0 Å². The van der Waals surface area contributed by atoms with Crippen molar-refractivity contribution < 1.29 is 14.4 Å². The summed E-state index contributed by atoms with van der Waals surface area (Å²) in [5.74, 6) is 5.84. The summed E-state index contributed by atoms with van der Waals surface area (Å²) in [7, 11) is 1.44. The molecule has 0 amide bonds. The predicted octanol–water partition coefficient (Wildman–Crippen LogP) is 1.86. The SMILES string of the molecule is COc1ccc(OCc2cc(NN)ccn2)c([N+](=O)[O-])c1. The number of hydrogen-bond acceptors (Lipinski definition) is 7. The van der Waals surface area contributed by atoms with Crippen LogP contribution in [0.25, 0.3) is 0 Å². The molecule has 0 bridgehead atoms. The van der Waals surface area contributed by atoms with Crippen molar-refractivity contribution >= 4 is 11.4 Å². The van der Waals surface area contributed by atoms with E-state index < -0.39 is 4.92 Å². The van der Waals surface area contributed by atoms with Crippen LogP contribution < -0.4 is 20.7 Å². The van der Waals surface area contributed by atoms with Crippen molar-refractivity contribution in [2.75, 3.05) is 12.5 Å². The largest absolute Gasteiger partial charge is 0.496 e. The van der Waals surface area contributed by atoms with Gasteiger partial charge in [-0.1, -0.05) is 0 Å². The van der Waals surface area contributed by atoms with Crippen molar-refractivity contribution in [1.29, 1.82) is 0 Å². The van der Waals surface area contributed by atoms with E-state index in [1.807, 2.05) is 0 Å².